The second kappa shape index (κ2) is 10.5. The number of carbonyl (C=O) groups excluding carboxylic acids is 2. The average molecular weight is 441 g/mol. The molecule has 3 rings (SSSR count). The molecule has 164 valence electrons. The van der Waals surface area contributed by atoms with Crippen molar-refractivity contribution in [2.75, 3.05) is 12.4 Å². The topological polar surface area (TPSA) is 74.3 Å². The van der Waals surface area contributed by atoms with Crippen molar-refractivity contribution in [1.29, 1.82) is 0 Å². The number of benzene rings is 1. The zero-order chi connectivity index (χ0) is 22.4. The lowest BCUT2D eigenvalue weighted by atomic mass is 10.1. The van der Waals surface area contributed by atoms with Gasteiger partial charge in [0.2, 0.25) is 5.78 Å². The number of hydrogen-bond donors (Lipinski definition) is 0. The molecule has 0 aliphatic carbocycles. The molecular formula is C24H28N2O4S. The van der Waals surface area contributed by atoms with Crippen LogP contribution in [0.2, 0.25) is 0 Å². The van der Waals surface area contributed by atoms with Crippen molar-refractivity contribution in [3.8, 4) is 0 Å². The Hall–Kier alpha value is -2.80. The van der Waals surface area contributed by atoms with Crippen LogP contribution < -0.4 is 0 Å². The molecule has 0 aliphatic rings. The van der Waals surface area contributed by atoms with E-state index in [0.717, 1.165) is 41.4 Å². The molecular weight excluding hydrogens is 412 g/mol. The normalized spacial score (nSPS) is 11.0. The first-order valence-corrected chi connectivity index (χ1v) is 11.4. The molecule has 0 saturated heterocycles. The van der Waals surface area contributed by atoms with E-state index in [4.69, 9.17) is 9.26 Å². The summed E-state index contributed by atoms with van der Waals surface area (Å²) in [6, 6.07) is 12.1. The molecule has 0 bridgehead atoms. The monoisotopic (exact) mass is 440 g/mol. The van der Waals surface area contributed by atoms with E-state index in [-0.39, 0.29) is 18.1 Å². The number of thioether (sulfide) groups is 1. The molecule has 0 fully saturated rings. The average Bonchev–Trinajstić information content (AvgIpc) is 3.23. The first-order valence-electron chi connectivity index (χ1n) is 10.3. The van der Waals surface area contributed by atoms with Crippen molar-refractivity contribution in [1.82, 2.24) is 9.72 Å². The van der Waals surface area contributed by atoms with Crippen LogP contribution in [0.4, 0.5) is 0 Å². The molecule has 7 heteroatoms. The van der Waals surface area contributed by atoms with E-state index in [1.165, 1.54) is 17.3 Å². The first-order chi connectivity index (χ1) is 14.9. The largest absolute Gasteiger partial charge is 0.457 e. The molecule has 0 aliphatic heterocycles. The molecule has 0 spiro atoms. The van der Waals surface area contributed by atoms with Gasteiger partial charge in [-0.2, -0.15) is 0 Å². The van der Waals surface area contributed by atoms with Crippen molar-refractivity contribution in [3.05, 3.63) is 75.9 Å². The van der Waals surface area contributed by atoms with Gasteiger partial charge in [0.1, 0.15) is 5.76 Å². The highest BCUT2D eigenvalue weighted by Gasteiger charge is 2.18. The zero-order valence-corrected chi connectivity index (χ0v) is 19.3. The van der Waals surface area contributed by atoms with E-state index in [2.05, 4.69) is 21.9 Å². The summed E-state index contributed by atoms with van der Waals surface area (Å²) < 4.78 is 12.5. The van der Waals surface area contributed by atoms with Crippen LogP contribution >= 0.6 is 11.8 Å². The lowest BCUT2D eigenvalue weighted by molar-refractivity contribution is -0.139. The fraction of sp³-hybridized carbons (Fsp3) is 0.375. The van der Waals surface area contributed by atoms with E-state index >= 15 is 0 Å². The van der Waals surface area contributed by atoms with E-state index in [0.29, 0.717) is 11.3 Å². The van der Waals surface area contributed by atoms with Crippen LogP contribution in [-0.2, 0) is 28.2 Å². The van der Waals surface area contributed by atoms with Crippen molar-refractivity contribution in [2.45, 2.75) is 46.4 Å². The summed E-state index contributed by atoms with van der Waals surface area (Å²) in [5.41, 5.74) is 5.63. The van der Waals surface area contributed by atoms with Gasteiger partial charge in [0, 0.05) is 34.8 Å². The number of carbonyl (C=O) groups is 2. The summed E-state index contributed by atoms with van der Waals surface area (Å²) in [5, 5.41) is 3.90. The van der Waals surface area contributed by atoms with Gasteiger partial charge in [-0.25, -0.2) is 0 Å². The molecule has 2 aromatic heterocycles. The quantitative estimate of drug-likeness (QED) is 0.338. The minimum Gasteiger partial charge on any atom is -0.457 e. The van der Waals surface area contributed by atoms with E-state index in [9.17, 15) is 9.59 Å². The number of nitrogens with zero attached hydrogens (tertiary/aromatic N) is 2. The maximum absolute atomic E-state index is 12.6. The Morgan fingerprint density at radius 3 is 2.55 bits per heavy atom. The minimum absolute atomic E-state index is 0.174. The molecule has 0 unspecified atom stereocenters. The third-order valence-electron chi connectivity index (χ3n) is 5.35. The Morgan fingerprint density at radius 1 is 1.13 bits per heavy atom. The summed E-state index contributed by atoms with van der Waals surface area (Å²) in [5.74, 6) is 0.975. The minimum atomic E-state index is -0.400. The van der Waals surface area contributed by atoms with E-state index in [1.807, 2.05) is 52.0 Å². The number of rotatable bonds is 10. The van der Waals surface area contributed by atoms with Gasteiger partial charge < -0.3 is 13.8 Å². The SMILES string of the molecule is Cc1noc(C)c1CSCC(=O)OCC(=O)c1cc(C)n(CCc2ccccc2)c1C. The predicted octanol–water partition coefficient (Wildman–Crippen LogP) is 4.61. The summed E-state index contributed by atoms with van der Waals surface area (Å²) in [6.07, 6.45) is 0.891. The maximum atomic E-state index is 12.6. The van der Waals surface area contributed by atoms with Crippen LogP contribution in [0.5, 0.6) is 0 Å². The Morgan fingerprint density at radius 2 is 1.87 bits per heavy atom. The highest BCUT2D eigenvalue weighted by Crippen LogP contribution is 2.20. The highest BCUT2D eigenvalue weighted by atomic mass is 32.2. The molecule has 2 heterocycles. The van der Waals surface area contributed by atoms with Crippen LogP contribution in [0.1, 0.15) is 44.3 Å². The smallest absolute Gasteiger partial charge is 0.316 e. The molecule has 0 saturated carbocycles. The lowest BCUT2D eigenvalue weighted by Crippen LogP contribution is -2.16. The molecule has 1 aromatic carbocycles. The number of aryl methyl sites for hydroxylation is 4. The highest BCUT2D eigenvalue weighted by molar-refractivity contribution is 7.99. The number of ketones is 1. The van der Waals surface area contributed by atoms with E-state index < -0.39 is 5.97 Å². The summed E-state index contributed by atoms with van der Waals surface area (Å²) in [4.78, 5) is 24.7. The number of hydrogen-bond acceptors (Lipinski definition) is 6. The van der Waals surface area contributed by atoms with Gasteiger partial charge in [-0.15, -0.1) is 11.8 Å². The van der Waals surface area contributed by atoms with Gasteiger partial charge in [-0.3, -0.25) is 9.59 Å². The molecule has 0 radical (unpaired) electrons. The Balaban J connectivity index is 1.49. The number of esters is 1. The lowest BCUT2D eigenvalue weighted by Gasteiger charge is -2.10. The number of aromatic nitrogens is 2. The molecule has 6 nitrogen and oxygen atoms in total. The van der Waals surface area contributed by atoms with Crippen LogP contribution in [0, 0.1) is 27.7 Å². The van der Waals surface area contributed by atoms with Crippen molar-refractivity contribution in [3.63, 3.8) is 0 Å². The predicted molar refractivity (Wildman–Crippen MR) is 121 cm³/mol. The fourth-order valence-corrected chi connectivity index (χ4v) is 4.49. The third-order valence-corrected chi connectivity index (χ3v) is 6.29. The van der Waals surface area contributed by atoms with Gasteiger partial charge in [-0.1, -0.05) is 35.5 Å². The van der Waals surface area contributed by atoms with Crippen LogP contribution in [0.15, 0.2) is 40.9 Å². The molecule has 0 atom stereocenters. The molecule has 31 heavy (non-hydrogen) atoms. The summed E-state index contributed by atoms with van der Waals surface area (Å²) in [7, 11) is 0. The van der Waals surface area contributed by atoms with Crippen LogP contribution in [-0.4, -0.2) is 33.8 Å². The Labute approximate surface area is 187 Å². The van der Waals surface area contributed by atoms with Gasteiger partial charge in [0.25, 0.3) is 0 Å². The molecule has 0 N–H and O–H groups in total. The first kappa shape index (κ1) is 22.9. The summed E-state index contributed by atoms with van der Waals surface area (Å²) in [6.45, 7) is 8.21. The van der Waals surface area contributed by atoms with Crippen LogP contribution in [0.3, 0.4) is 0 Å². The molecule has 3 aromatic rings. The second-order valence-corrected chi connectivity index (χ2v) is 8.54. The standard InChI is InChI=1S/C24H28N2O4S/c1-16-12-21(18(3)26(16)11-10-20-8-6-5-7-9-20)23(27)13-29-24(28)15-31-14-22-17(2)25-30-19(22)4/h5-9,12H,10-11,13-15H2,1-4H3. The molecule has 0 amide bonds. The Bertz CT molecular complexity index is 1030. The fourth-order valence-electron chi connectivity index (χ4n) is 3.52. The van der Waals surface area contributed by atoms with Gasteiger partial charge in [0.05, 0.1) is 11.4 Å². The number of Topliss-reactive ketones (excluding diaryl/α,β-unsaturated/α-hetero) is 1. The Kier molecular flexibility index (Phi) is 7.74. The van der Waals surface area contributed by atoms with Gasteiger partial charge in [0.15, 0.2) is 6.61 Å². The van der Waals surface area contributed by atoms with Crippen molar-refractivity contribution in [2.24, 2.45) is 0 Å². The van der Waals surface area contributed by atoms with Crippen molar-refractivity contribution < 1.29 is 18.8 Å². The summed E-state index contributed by atoms with van der Waals surface area (Å²) >= 11 is 1.42. The number of ether oxygens (including phenoxy) is 1. The zero-order valence-electron chi connectivity index (χ0n) is 18.4. The maximum Gasteiger partial charge on any atom is 0.316 e. The van der Waals surface area contributed by atoms with Crippen LogP contribution in [0.25, 0.3) is 0 Å². The van der Waals surface area contributed by atoms with Crippen molar-refractivity contribution >= 4 is 23.5 Å². The van der Waals surface area contributed by atoms with Gasteiger partial charge >= 0.3 is 5.97 Å². The van der Waals surface area contributed by atoms with Gasteiger partial charge in [-0.05, 0) is 45.7 Å². The third kappa shape index (κ3) is 5.88. The second-order valence-electron chi connectivity index (χ2n) is 7.55. The van der Waals surface area contributed by atoms with E-state index in [1.54, 1.807) is 0 Å².